The minimum absolute atomic E-state index is 0.405. The zero-order valence-electron chi connectivity index (χ0n) is 9.99. The first-order chi connectivity index (χ1) is 8.53. The van der Waals surface area contributed by atoms with Gasteiger partial charge in [0.25, 0.3) is 0 Å². The fourth-order valence-corrected chi connectivity index (χ4v) is 1.67. The van der Waals surface area contributed by atoms with E-state index in [9.17, 15) is 8.78 Å². The zero-order valence-corrected chi connectivity index (χ0v) is 9.99. The molecule has 0 spiro atoms. The summed E-state index contributed by atoms with van der Waals surface area (Å²) in [6.45, 7) is 1.38. The lowest BCUT2D eigenvalue weighted by molar-refractivity contribution is -0.0455. The molecule has 0 saturated heterocycles. The number of hydrogen-bond acceptors (Lipinski definition) is 2. The number of hydrogen-bond donors (Lipinski definition) is 1. The van der Waals surface area contributed by atoms with Crippen LogP contribution in [0.1, 0.15) is 17.7 Å². The second-order valence-corrected chi connectivity index (χ2v) is 4.21. The van der Waals surface area contributed by atoms with Crippen molar-refractivity contribution in [3.63, 3.8) is 0 Å². The lowest BCUT2D eigenvalue weighted by Gasteiger charge is -2.11. The summed E-state index contributed by atoms with van der Waals surface area (Å²) in [7, 11) is 0. The summed E-state index contributed by atoms with van der Waals surface area (Å²) in [5.74, 6) is -3.13. The Hall–Kier alpha value is -1.68. The van der Waals surface area contributed by atoms with E-state index >= 15 is 0 Å². The fraction of sp³-hybridized carbons (Fsp3) is 0.286. The van der Waals surface area contributed by atoms with Crippen LogP contribution >= 0.6 is 0 Å². The third-order valence-corrected chi connectivity index (χ3v) is 2.73. The van der Waals surface area contributed by atoms with Gasteiger partial charge in [-0.25, -0.2) is 0 Å². The van der Waals surface area contributed by atoms with Crippen LogP contribution in [0.4, 0.5) is 8.78 Å². The number of benzene rings is 1. The first kappa shape index (κ1) is 12.8. The van der Waals surface area contributed by atoms with Crippen LogP contribution in [0.3, 0.4) is 0 Å². The van der Waals surface area contributed by atoms with Crippen molar-refractivity contribution in [3.8, 4) is 11.3 Å². The topological polar surface area (TPSA) is 33.4 Å². The molecular formula is C14H14F2O2. The lowest BCUT2D eigenvalue weighted by atomic mass is 10.1. The quantitative estimate of drug-likeness (QED) is 0.899. The van der Waals surface area contributed by atoms with Crippen LogP contribution in [0.2, 0.25) is 0 Å². The Morgan fingerprint density at radius 3 is 2.39 bits per heavy atom. The molecule has 1 heterocycles. The Balaban J connectivity index is 2.28. The van der Waals surface area contributed by atoms with E-state index in [2.05, 4.69) is 0 Å². The highest BCUT2D eigenvalue weighted by Crippen LogP contribution is 2.35. The lowest BCUT2D eigenvalue weighted by Crippen LogP contribution is -2.13. The summed E-state index contributed by atoms with van der Waals surface area (Å²) in [6.07, 6.45) is -0.631. The largest absolute Gasteiger partial charge is 0.455 e. The number of aliphatic hydroxyl groups excluding tert-OH is 1. The van der Waals surface area contributed by atoms with Gasteiger partial charge in [-0.15, -0.1) is 0 Å². The maximum absolute atomic E-state index is 13.5. The van der Waals surface area contributed by atoms with Gasteiger partial charge in [0.15, 0.2) is 5.76 Å². The minimum Gasteiger partial charge on any atom is -0.455 e. The van der Waals surface area contributed by atoms with Gasteiger partial charge in [-0.1, -0.05) is 29.8 Å². The van der Waals surface area contributed by atoms with Crippen molar-refractivity contribution in [3.05, 3.63) is 47.7 Å². The van der Waals surface area contributed by atoms with E-state index in [1.807, 2.05) is 31.2 Å². The van der Waals surface area contributed by atoms with Crippen LogP contribution in [0.5, 0.6) is 0 Å². The Kier molecular flexibility index (Phi) is 3.48. The average molecular weight is 252 g/mol. The standard InChI is InChI=1S/C14H14F2O2/c1-10-2-4-11(5-3-10)12-6-7-13(18-12)14(15,16)8-9-17/h2-7,17H,8-9H2,1H3. The van der Waals surface area contributed by atoms with E-state index < -0.39 is 24.7 Å². The molecule has 0 aliphatic rings. The van der Waals surface area contributed by atoms with E-state index in [-0.39, 0.29) is 0 Å². The van der Waals surface area contributed by atoms with Crippen LogP contribution in [-0.4, -0.2) is 11.7 Å². The minimum atomic E-state index is -3.13. The molecule has 18 heavy (non-hydrogen) atoms. The highest BCUT2D eigenvalue weighted by molar-refractivity contribution is 5.58. The van der Waals surface area contributed by atoms with Crippen molar-refractivity contribution in [2.45, 2.75) is 19.3 Å². The number of furan rings is 1. The van der Waals surface area contributed by atoms with Gasteiger partial charge in [-0.05, 0) is 19.1 Å². The molecule has 0 aliphatic heterocycles. The van der Waals surface area contributed by atoms with Crippen LogP contribution in [0, 0.1) is 6.92 Å². The Morgan fingerprint density at radius 1 is 1.11 bits per heavy atom. The fourth-order valence-electron chi connectivity index (χ4n) is 1.67. The molecule has 2 rings (SSSR count). The highest BCUT2D eigenvalue weighted by atomic mass is 19.3. The predicted molar refractivity (Wildman–Crippen MR) is 64.5 cm³/mol. The Bertz CT molecular complexity index is 515. The second-order valence-electron chi connectivity index (χ2n) is 4.21. The number of aryl methyl sites for hydroxylation is 1. The second kappa shape index (κ2) is 4.90. The smallest absolute Gasteiger partial charge is 0.306 e. The number of halogens is 2. The van der Waals surface area contributed by atoms with E-state index in [1.54, 1.807) is 0 Å². The maximum Gasteiger partial charge on any atom is 0.306 e. The molecule has 2 aromatic rings. The predicted octanol–water partition coefficient (Wildman–Crippen LogP) is 3.73. The molecule has 1 N–H and O–H groups in total. The third kappa shape index (κ3) is 2.59. The number of alkyl halides is 2. The molecule has 0 fully saturated rings. The monoisotopic (exact) mass is 252 g/mol. The molecule has 0 aliphatic carbocycles. The van der Waals surface area contributed by atoms with Crippen molar-refractivity contribution in [1.29, 1.82) is 0 Å². The first-order valence-electron chi connectivity index (χ1n) is 5.69. The van der Waals surface area contributed by atoms with Gasteiger partial charge in [-0.2, -0.15) is 8.78 Å². The molecule has 2 nitrogen and oxygen atoms in total. The normalized spacial score (nSPS) is 11.8. The molecule has 0 bridgehead atoms. The molecule has 4 heteroatoms. The van der Waals surface area contributed by atoms with Crippen LogP contribution in [0.25, 0.3) is 11.3 Å². The van der Waals surface area contributed by atoms with Gasteiger partial charge in [0, 0.05) is 18.6 Å². The molecule has 0 atom stereocenters. The molecule has 0 amide bonds. The molecule has 0 unspecified atom stereocenters. The van der Waals surface area contributed by atoms with Crippen LogP contribution in [0.15, 0.2) is 40.8 Å². The molecule has 1 aromatic carbocycles. The maximum atomic E-state index is 13.5. The van der Waals surface area contributed by atoms with Gasteiger partial charge in [0.05, 0.1) is 0 Å². The Labute approximate surface area is 104 Å². The van der Waals surface area contributed by atoms with E-state index in [1.165, 1.54) is 12.1 Å². The van der Waals surface area contributed by atoms with Gasteiger partial charge < -0.3 is 9.52 Å². The summed E-state index contributed by atoms with van der Waals surface area (Å²) in [5, 5.41) is 8.60. The third-order valence-electron chi connectivity index (χ3n) is 2.73. The molecule has 1 aromatic heterocycles. The summed E-state index contributed by atoms with van der Waals surface area (Å²) in [6, 6.07) is 10.2. The van der Waals surface area contributed by atoms with Crippen molar-refractivity contribution in [2.24, 2.45) is 0 Å². The van der Waals surface area contributed by atoms with Crippen LogP contribution in [-0.2, 0) is 5.92 Å². The van der Waals surface area contributed by atoms with Crippen molar-refractivity contribution < 1.29 is 18.3 Å². The number of rotatable bonds is 4. The van der Waals surface area contributed by atoms with E-state index in [0.717, 1.165) is 11.1 Å². The number of aliphatic hydroxyl groups is 1. The van der Waals surface area contributed by atoms with Crippen LogP contribution < -0.4 is 0 Å². The Morgan fingerprint density at radius 2 is 1.78 bits per heavy atom. The summed E-state index contributed by atoms with van der Waals surface area (Å²) < 4.78 is 32.2. The van der Waals surface area contributed by atoms with Gasteiger partial charge in [-0.3, -0.25) is 0 Å². The van der Waals surface area contributed by atoms with E-state index in [4.69, 9.17) is 9.52 Å². The SMILES string of the molecule is Cc1ccc(-c2ccc(C(F)(F)CCO)o2)cc1. The molecule has 96 valence electrons. The van der Waals surface area contributed by atoms with Crippen molar-refractivity contribution in [2.75, 3.05) is 6.61 Å². The van der Waals surface area contributed by atoms with Gasteiger partial charge in [0.1, 0.15) is 5.76 Å². The summed E-state index contributed by atoms with van der Waals surface area (Å²) in [4.78, 5) is 0. The molecule has 0 radical (unpaired) electrons. The molecular weight excluding hydrogens is 238 g/mol. The van der Waals surface area contributed by atoms with Gasteiger partial charge in [0.2, 0.25) is 0 Å². The summed E-state index contributed by atoms with van der Waals surface area (Å²) >= 11 is 0. The zero-order chi connectivity index (χ0) is 13.2. The molecule has 0 saturated carbocycles. The summed E-state index contributed by atoms with van der Waals surface area (Å²) in [5.41, 5.74) is 1.85. The van der Waals surface area contributed by atoms with Gasteiger partial charge >= 0.3 is 5.92 Å². The van der Waals surface area contributed by atoms with E-state index in [0.29, 0.717) is 5.76 Å². The highest BCUT2D eigenvalue weighted by Gasteiger charge is 2.34. The van der Waals surface area contributed by atoms with Crippen molar-refractivity contribution in [1.82, 2.24) is 0 Å². The van der Waals surface area contributed by atoms with Crippen molar-refractivity contribution >= 4 is 0 Å². The average Bonchev–Trinajstić information content (AvgIpc) is 2.80. The first-order valence-corrected chi connectivity index (χ1v) is 5.69.